The van der Waals surface area contributed by atoms with E-state index >= 15 is 0 Å². The Morgan fingerprint density at radius 1 is 0.966 bits per heavy atom. The fourth-order valence-corrected chi connectivity index (χ4v) is 3.41. The molecule has 1 aromatic heterocycles. The molecular formula is C23H15N3O3. The second-order valence-corrected chi connectivity index (χ2v) is 6.47. The average Bonchev–Trinajstić information content (AvgIpc) is 3.05. The lowest BCUT2D eigenvalue weighted by atomic mass is 9.95. The average molecular weight is 381 g/mol. The molecule has 3 aromatic rings. The number of hydrogen-bond donors (Lipinski definition) is 1. The molecule has 0 bridgehead atoms. The maximum absolute atomic E-state index is 12.9. The van der Waals surface area contributed by atoms with Crippen molar-refractivity contribution in [2.45, 2.75) is 6.04 Å². The van der Waals surface area contributed by atoms with E-state index in [2.05, 4.69) is 4.98 Å². The Morgan fingerprint density at radius 3 is 2.24 bits per heavy atom. The summed E-state index contributed by atoms with van der Waals surface area (Å²) in [7, 11) is 0. The molecule has 0 saturated carbocycles. The first-order valence-electron chi connectivity index (χ1n) is 8.88. The van der Waals surface area contributed by atoms with E-state index in [0.29, 0.717) is 22.4 Å². The summed E-state index contributed by atoms with van der Waals surface area (Å²) in [6.45, 7) is 0. The van der Waals surface area contributed by atoms with Crippen LogP contribution in [-0.4, -0.2) is 21.8 Å². The molecule has 1 atom stereocenters. The summed E-state index contributed by atoms with van der Waals surface area (Å²) in [6, 6.07) is 19.8. The minimum atomic E-state index is -0.794. The second-order valence-electron chi connectivity index (χ2n) is 6.47. The van der Waals surface area contributed by atoms with Crippen LogP contribution in [0.5, 0.6) is 0 Å². The van der Waals surface area contributed by atoms with Crippen molar-refractivity contribution in [3.8, 4) is 6.07 Å². The van der Waals surface area contributed by atoms with Crippen LogP contribution >= 0.6 is 0 Å². The van der Waals surface area contributed by atoms with Gasteiger partial charge < -0.3 is 5.11 Å². The molecule has 4 rings (SSSR count). The Bertz CT molecular complexity index is 1150. The summed E-state index contributed by atoms with van der Waals surface area (Å²) in [5, 5.41) is 19.9. The molecule has 2 heterocycles. The summed E-state index contributed by atoms with van der Waals surface area (Å²) in [4.78, 5) is 31.2. The first-order chi connectivity index (χ1) is 14.1. The van der Waals surface area contributed by atoms with E-state index < -0.39 is 17.7 Å². The van der Waals surface area contributed by atoms with Gasteiger partial charge in [-0.2, -0.15) is 5.26 Å². The highest BCUT2D eigenvalue weighted by atomic mass is 16.3. The number of rotatable bonds is 3. The van der Waals surface area contributed by atoms with Crippen LogP contribution in [0.15, 0.2) is 84.7 Å². The lowest BCUT2D eigenvalue weighted by molar-refractivity contribution is -0.132. The van der Waals surface area contributed by atoms with Gasteiger partial charge in [0.2, 0.25) is 0 Å². The molecule has 1 unspecified atom stereocenters. The molecule has 140 valence electrons. The van der Waals surface area contributed by atoms with Gasteiger partial charge in [0.15, 0.2) is 0 Å². The predicted molar refractivity (Wildman–Crippen MR) is 107 cm³/mol. The SMILES string of the molecule is N#Cc1ccc(N2C(=O)C(=O)/C(=C(\O)c3ccncc3)C2c2ccccc2)cc1. The third-order valence-electron chi connectivity index (χ3n) is 4.79. The number of hydrogen-bond acceptors (Lipinski definition) is 5. The predicted octanol–water partition coefficient (Wildman–Crippen LogP) is 3.58. The Kier molecular flexibility index (Phi) is 4.63. The molecule has 1 aliphatic heterocycles. The number of aromatic nitrogens is 1. The molecule has 6 heteroatoms. The number of aliphatic hydroxyl groups excluding tert-OH is 1. The van der Waals surface area contributed by atoms with Gasteiger partial charge in [-0.15, -0.1) is 0 Å². The zero-order valence-corrected chi connectivity index (χ0v) is 15.2. The van der Waals surface area contributed by atoms with Crippen LogP contribution in [0.4, 0.5) is 5.69 Å². The van der Waals surface area contributed by atoms with Crippen molar-refractivity contribution in [1.29, 1.82) is 5.26 Å². The molecule has 1 aliphatic rings. The first-order valence-corrected chi connectivity index (χ1v) is 8.88. The highest BCUT2D eigenvalue weighted by molar-refractivity contribution is 6.51. The summed E-state index contributed by atoms with van der Waals surface area (Å²) >= 11 is 0. The topological polar surface area (TPSA) is 94.3 Å². The van der Waals surface area contributed by atoms with Gasteiger partial charge in [-0.25, -0.2) is 0 Å². The van der Waals surface area contributed by atoms with Gasteiger partial charge in [-0.1, -0.05) is 30.3 Å². The van der Waals surface area contributed by atoms with Crippen LogP contribution in [0.2, 0.25) is 0 Å². The van der Waals surface area contributed by atoms with Gasteiger partial charge in [0.25, 0.3) is 11.7 Å². The van der Waals surface area contributed by atoms with E-state index in [1.165, 1.54) is 17.3 Å². The number of ketones is 1. The van der Waals surface area contributed by atoms with Gasteiger partial charge in [0.1, 0.15) is 5.76 Å². The van der Waals surface area contributed by atoms with Crippen molar-refractivity contribution in [2.24, 2.45) is 0 Å². The van der Waals surface area contributed by atoms with E-state index in [-0.39, 0.29) is 11.3 Å². The fourth-order valence-electron chi connectivity index (χ4n) is 3.41. The number of aliphatic hydroxyl groups is 1. The molecule has 1 N–H and O–H groups in total. The second kappa shape index (κ2) is 7.41. The largest absolute Gasteiger partial charge is 0.507 e. The number of Topliss-reactive ketones (excluding diaryl/α,β-unsaturated/α-hetero) is 1. The highest BCUT2D eigenvalue weighted by Crippen LogP contribution is 2.41. The van der Waals surface area contributed by atoms with Crippen molar-refractivity contribution in [3.05, 3.63) is 101 Å². The van der Waals surface area contributed by atoms with E-state index in [9.17, 15) is 14.7 Å². The third-order valence-corrected chi connectivity index (χ3v) is 4.79. The fraction of sp³-hybridized carbons (Fsp3) is 0.0435. The Hall–Kier alpha value is -4.24. The lowest BCUT2D eigenvalue weighted by Crippen LogP contribution is -2.29. The van der Waals surface area contributed by atoms with E-state index in [4.69, 9.17) is 5.26 Å². The Labute approximate surface area is 167 Å². The van der Waals surface area contributed by atoms with Gasteiger partial charge in [0, 0.05) is 23.6 Å². The van der Waals surface area contributed by atoms with Gasteiger partial charge in [0.05, 0.1) is 23.2 Å². The summed E-state index contributed by atoms with van der Waals surface area (Å²) < 4.78 is 0. The number of carbonyl (C=O) groups excluding carboxylic acids is 2. The van der Waals surface area contributed by atoms with Crippen molar-refractivity contribution < 1.29 is 14.7 Å². The summed E-state index contributed by atoms with van der Waals surface area (Å²) in [5.74, 6) is -1.76. The van der Waals surface area contributed by atoms with E-state index in [1.54, 1.807) is 60.7 Å². The van der Waals surface area contributed by atoms with Crippen molar-refractivity contribution in [2.75, 3.05) is 4.90 Å². The van der Waals surface area contributed by atoms with E-state index in [1.807, 2.05) is 12.1 Å². The van der Waals surface area contributed by atoms with Crippen molar-refractivity contribution >= 4 is 23.1 Å². The molecule has 6 nitrogen and oxygen atoms in total. The van der Waals surface area contributed by atoms with Crippen LogP contribution in [0.3, 0.4) is 0 Å². The minimum Gasteiger partial charge on any atom is -0.507 e. The van der Waals surface area contributed by atoms with Crippen molar-refractivity contribution in [3.63, 3.8) is 0 Å². The highest BCUT2D eigenvalue weighted by Gasteiger charge is 2.46. The Morgan fingerprint density at radius 2 is 1.62 bits per heavy atom. The van der Waals surface area contributed by atoms with Crippen LogP contribution in [0.25, 0.3) is 5.76 Å². The van der Waals surface area contributed by atoms with Crippen LogP contribution in [-0.2, 0) is 9.59 Å². The normalized spacial score (nSPS) is 17.9. The standard InChI is InChI=1S/C23H15N3O3/c24-14-15-6-8-18(9-7-15)26-20(16-4-2-1-3-5-16)19(22(28)23(26)29)21(27)17-10-12-25-13-11-17/h1-13,20,27H/b21-19-. The third kappa shape index (κ3) is 3.15. The lowest BCUT2D eigenvalue weighted by Gasteiger charge is -2.25. The minimum absolute atomic E-state index is 0.0109. The number of benzene rings is 2. The first kappa shape index (κ1) is 18.1. The molecule has 0 radical (unpaired) electrons. The molecular weight excluding hydrogens is 366 g/mol. The van der Waals surface area contributed by atoms with Gasteiger partial charge in [-0.3, -0.25) is 19.5 Å². The summed E-state index contributed by atoms with van der Waals surface area (Å²) in [5.41, 5.74) is 2.01. The number of anilines is 1. The molecule has 1 saturated heterocycles. The van der Waals surface area contributed by atoms with Gasteiger partial charge in [-0.05, 0) is 42.0 Å². The number of amides is 1. The molecule has 0 aliphatic carbocycles. The number of carbonyl (C=O) groups is 2. The zero-order chi connectivity index (χ0) is 20.4. The van der Waals surface area contributed by atoms with Crippen molar-refractivity contribution in [1.82, 2.24) is 4.98 Å². The molecule has 2 aromatic carbocycles. The quantitative estimate of drug-likeness (QED) is 0.425. The smallest absolute Gasteiger partial charge is 0.300 e. The molecule has 0 spiro atoms. The van der Waals surface area contributed by atoms with Crippen LogP contribution in [0.1, 0.15) is 22.7 Å². The maximum Gasteiger partial charge on any atom is 0.300 e. The number of pyridine rings is 1. The Balaban J connectivity index is 1.93. The number of nitrogens with zero attached hydrogens (tertiary/aromatic N) is 3. The zero-order valence-electron chi connectivity index (χ0n) is 15.2. The van der Waals surface area contributed by atoms with Crippen LogP contribution < -0.4 is 4.90 Å². The molecule has 1 fully saturated rings. The van der Waals surface area contributed by atoms with E-state index in [0.717, 1.165) is 0 Å². The summed E-state index contributed by atoms with van der Waals surface area (Å²) in [6.07, 6.45) is 3.01. The monoisotopic (exact) mass is 381 g/mol. The number of nitriles is 1. The van der Waals surface area contributed by atoms with Crippen LogP contribution in [0, 0.1) is 11.3 Å². The van der Waals surface area contributed by atoms with Gasteiger partial charge >= 0.3 is 0 Å². The molecule has 29 heavy (non-hydrogen) atoms. The maximum atomic E-state index is 12.9. The molecule has 1 amide bonds.